The molecule has 2 aliphatic rings. The van der Waals surface area contributed by atoms with Crippen molar-refractivity contribution in [3.8, 4) is 0 Å². The number of nitrogens with zero attached hydrogens (tertiary/aromatic N) is 1. The van der Waals surface area contributed by atoms with Crippen LogP contribution in [-0.4, -0.2) is 65.7 Å². The van der Waals surface area contributed by atoms with Crippen molar-refractivity contribution in [3.63, 3.8) is 0 Å². The Labute approximate surface area is 232 Å². The second kappa shape index (κ2) is 12.7. The second-order valence-corrected chi connectivity index (χ2v) is 11.7. The van der Waals surface area contributed by atoms with E-state index in [1.165, 1.54) is 4.90 Å². The third-order valence-electron chi connectivity index (χ3n) is 7.47. The number of nitrogens with one attached hydrogen (secondary N) is 2. The van der Waals surface area contributed by atoms with Gasteiger partial charge in [0, 0.05) is 25.9 Å². The molecule has 1 saturated carbocycles. The number of carbonyl (C=O) groups is 3. The van der Waals surface area contributed by atoms with Crippen molar-refractivity contribution in [1.82, 2.24) is 15.5 Å². The predicted molar refractivity (Wildman–Crippen MR) is 139 cm³/mol. The molecule has 1 aliphatic carbocycles. The fourth-order valence-electron chi connectivity index (χ4n) is 5.28. The topological polar surface area (TPSA) is 97.0 Å². The summed E-state index contributed by atoms with van der Waals surface area (Å²) in [6, 6.07) is 7.99. The van der Waals surface area contributed by atoms with Gasteiger partial charge in [0.05, 0.1) is 6.54 Å². The summed E-state index contributed by atoms with van der Waals surface area (Å²) in [5.41, 5.74) is -1.55. The molecule has 0 unspecified atom stereocenters. The highest BCUT2D eigenvalue weighted by Gasteiger charge is 2.49. The molecule has 0 bridgehead atoms. The Hall–Kier alpha value is -2.89. The van der Waals surface area contributed by atoms with Gasteiger partial charge in [-0.3, -0.25) is 10.1 Å². The van der Waals surface area contributed by atoms with E-state index in [1.807, 2.05) is 6.07 Å². The molecule has 0 radical (unpaired) electrons. The minimum absolute atomic E-state index is 0.0668. The van der Waals surface area contributed by atoms with Crippen LogP contribution < -0.4 is 10.6 Å². The summed E-state index contributed by atoms with van der Waals surface area (Å²) in [5.74, 6) is -3.36. The highest BCUT2D eigenvalue weighted by Crippen LogP contribution is 2.39. The van der Waals surface area contributed by atoms with E-state index in [9.17, 15) is 31.9 Å². The first kappa shape index (κ1) is 31.6. The van der Waals surface area contributed by atoms with Gasteiger partial charge in [-0.1, -0.05) is 37.3 Å². The number of carbonyl (C=O) groups excluding carboxylic acids is 3. The fraction of sp³-hybridized carbons (Fsp3) is 0.679. The van der Waals surface area contributed by atoms with Crippen molar-refractivity contribution in [3.05, 3.63) is 35.9 Å². The van der Waals surface area contributed by atoms with Gasteiger partial charge in [-0.2, -0.15) is 13.2 Å². The number of hydrogen-bond acceptors (Lipinski definition) is 6. The van der Waals surface area contributed by atoms with E-state index >= 15 is 0 Å². The lowest BCUT2D eigenvalue weighted by molar-refractivity contribution is -0.221. The molecule has 8 nitrogen and oxygen atoms in total. The number of benzene rings is 1. The molecule has 1 aromatic rings. The Morgan fingerprint density at radius 3 is 2.23 bits per heavy atom. The molecule has 2 fully saturated rings. The van der Waals surface area contributed by atoms with Crippen LogP contribution in [0.3, 0.4) is 0 Å². The monoisotopic (exact) mass is 573 g/mol. The number of likely N-dealkylation sites (tertiary alicyclic amines) is 1. The van der Waals surface area contributed by atoms with E-state index < -0.39 is 53.6 Å². The Balaban J connectivity index is 1.75. The Bertz CT molecular complexity index is 1020. The van der Waals surface area contributed by atoms with E-state index in [1.54, 1.807) is 52.0 Å². The molecule has 0 aromatic heterocycles. The number of alkyl carbamates (subject to hydrolysis) is 1. The number of rotatable bonds is 8. The van der Waals surface area contributed by atoms with Gasteiger partial charge in [0.25, 0.3) is 0 Å². The van der Waals surface area contributed by atoms with E-state index in [2.05, 4.69) is 10.6 Å². The van der Waals surface area contributed by atoms with Crippen LogP contribution in [0.15, 0.2) is 30.3 Å². The highest BCUT2D eigenvalue weighted by molar-refractivity contribution is 5.86. The molecule has 0 spiro atoms. The standard InChI is InChI=1S/C28H39F4N3O5/c1-18(22(34-25(38)40-26(2,3)4)23(36)35-15-12-21(29)17-35)20-10-13-27(14-11-20,39-24(37)28(30,31)32)33-16-19-8-6-5-7-9-19/h5-9,18,20-22,33H,10-17H2,1-4H3,(H,34,38)/t18-,20?,21-,22-,27?/m0/s1. The number of alkyl halides is 4. The van der Waals surface area contributed by atoms with Crippen molar-refractivity contribution in [2.75, 3.05) is 13.1 Å². The minimum Gasteiger partial charge on any atom is -0.444 e. The third-order valence-corrected chi connectivity index (χ3v) is 7.47. The van der Waals surface area contributed by atoms with Crippen molar-refractivity contribution in [2.45, 2.75) is 96.1 Å². The van der Waals surface area contributed by atoms with Gasteiger partial charge in [0.2, 0.25) is 5.91 Å². The molecule has 40 heavy (non-hydrogen) atoms. The number of hydrogen-bond donors (Lipinski definition) is 2. The zero-order valence-corrected chi connectivity index (χ0v) is 23.4. The Morgan fingerprint density at radius 2 is 1.70 bits per heavy atom. The Morgan fingerprint density at radius 1 is 1.07 bits per heavy atom. The quantitative estimate of drug-likeness (QED) is 0.262. The van der Waals surface area contributed by atoms with Crippen LogP contribution in [0.1, 0.15) is 65.4 Å². The fourth-order valence-corrected chi connectivity index (χ4v) is 5.28. The predicted octanol–water partition coefficient (Wildman–Crippen LogP) is 4.87. The zero-order valence-electron chi connectivity index (χ0n) is 23.4. The van der Waals surface area contributed by atoms with Gasteiger partial charge in [0.15, 0.2) is 5.72 Å². The minimum atomic E-state index is -5.15. The lowest BCUT2D eigenvalue weighted by Crippen LogP contribution is -2.56. The van der Waals surface area contributed by atoms with Crippen LogP contribution >= 0.6 is 0 Å². The average Bonchev–Trinajstić information content (AvgIpc) is 3.31. The molecule has 2 amide bonds. The zero-order chi connectivity index (χ0) is 29.7. The number of esters is 1. The van der Waals surface area contributed by atoms with Crippen molar-refractivity contribution >= 4 is 18.0 Å². The lowest BCUT2D eigenvalue weighted by atomic mass is 9.74. The van der Waals surface area contributed by atoms with Crippen LogP contribution in [0.2, 0.25) is 0 Å². The molecular formula is C28H39F4N3O5. The summed E-state index contributed by atoms with van der Waals surface area (Å²) in [5, 5.41) is 5.68. The first-order chi connectivity index (χ1) is 18.6. The van der Waals surface area contributed by atoms with E-state index in [0.717, 1.165) is 5.56 Å². The normalized spacial score (nSPS) is 25.1. The first-order valence-corrected chi connectivity index (χ1v) is 13.6. The van der Waals surface area contributed by atoms with Crippen LogP contribution in [-0.2, 0) is 25.6 Å². The number of amides is 2. The van der Waals surface area contributed by atoms with Gasteiger partial charge in [-0.25, -0.2) is 14.0 Å². The molecule has 224 valence electrons. The molecule has 1 aromatic carbocycles. The van der Waals surface area contributed by atoms with Crippen molar-refractivity contribution in [1.29, 1.82) is 0 Å². The van der Waals surface area contributed by atoms with Crippen LogP contribution in [0.4, 0.5) is 22.4 Å². The summed E-state index contributed by atoms with van der Waals surface area (Å²) >= 11 is 0. The highest BCUT2D eigenvalue weighted by atomic mass is 19.4. The summed E-state index contributed by atoms with van der Waals surface area (Å²) in [6.07, 6.45) is -6.09. The molecule has 2 N–H and O–H groups in total. The summed E-state index contributed by atoms with van der Waals surface area (Å²) in [4.78, 5) is 39.2. The smallest absolute Gasteiger partial charge is 0.444 e. The molecule has 1 saturated heterocycles. The van der Waals surface area contributed by atoms with Crippen molar-refractivity contribution in [2.24, 2.45) is 11.8 Å². The lowest BCUT2D eigenvalue weighted by Gasteiger charge is -2.43. The third kappa shape index (κ3) is 8.81. The van der Waals surface area contributed by atoms with Crippen LogP contribution in [0.5, 0.6) is 0 Å². The summed E-state index contributed by atoms with van der Waals surface area (Å²) in [6.45, 7) is 7.18. The number of halogens is 4. The van der Waals surface area contributed by atoms with E-state index in [4.69, 9.17) is 9.47 Å². The maximum absolute atomic E-state index is 13.9. The van der Waals surface area contributed by atoms with Crippen LogP contribution in [0.25, 0.3) is 0 Å². The summed E-state index contributed by atoms with van der Waals surface area (Å²) < 4.78 is 63.6. The van der Waals surface area contributed by atoms with Gasteiger partial charge in [0.1, 0.15) is 17.8 Å². The molecule has 12 heteroatoms. The van der Waals surface area contributed by atoms with Gasteiger partial charge in [-0.15, -0.1) is 0 Å². The first-order valence-electron chi connectivity index (χ1n) is 13.6. The average molecular weight is 574 g/mol. The maximum atomic E-state index is 13.9. The van der Waals surface area contributed by atoms with E-state index in [-0.39, 0.29) is 44.8 Å². The maximum Gasteiger partial charge on any atom is 0.490 e. The molecule has 1 aliphatic heterocycles. The second-order valence-electron chi connectivity index (χ2n) is 11.7. The van der Waals surface area contributed by atoms with Gasteiger partial charge < -0.3 is 19.7 Å². The molecule has 3 atom stereocenters. The van der Waals surface area contributed by atoms with Crippen LogP contribution in [0, 0.1) is 11.8 Å². The number of ether oxygens (including phenoxy) is 2. The van der Waals surface area contributed by atoms with Gasteiger partial charge in [-0.05, 0) is 57.4 Å². The largest absolute Gasteiger partial charge is 0.490 e. The Kier molecular flexibility index (Phi) is 10.1. The van der Waals surface area contributed by atoms with Gasteiger partial charge >= 0.3 is 18.2 Å². The van der Waals surface area contributed by atoms with E-state index in [0.29, 0.717) is 12.8 Å². The molecule has 1 heterocycles. The molecule has 3 rings (SSSR count). The SMILES string of the molecule is C[C@@H](C1CCC(NCc2ccccc2)(OC(=O)C(F)(F)F)CC1)[C@H](NC(=O)OC(C)(C)C)C(=O)N1CC[C@H](F)C1. The van der Waals surface area contributed by atoms with Crippen molar-refractivity contribution < 1.29 is 41.4 Å². The molecular weight excluding hydrogens is 534 g/mol. The summed E-state index contributed by atoms with van der Waals surface area (Å²) in [7, 11) is 0.